The Morgan fingerprint density at radius 3 is 2.00 bits per heavy atom. The van der Waals surface area contributed by atoms with E-state index in [-0.39, 0.29) is 0 Å². The van der Waals surface area contributed by atoms with Crippen molar-refractivity contribution >= 4 is 30.6 Å². The van der Waals surface area contributed by atoms with E-state index in [1.807, 2.05) is 0 Å². The molecule has 72 valence electrons. The van der Waals surface area contributed by atoms with E-state index in [0.29, 0.717) is 8.86 Å². The second-order valence-electron chi connectivity index (χ2n) is 1.78. The second-order valence-corrected chi connectivity index (χ2v) is 7.93. The molecule has 0 spiro atoms. The average molecular weight is 306 g/mol. The zero-order chi connectivity index (χ0) is 9.61. The van der Waals surface area contributed by atoms with Crippen molar-refractivity contribution in [3.8, 4) is 0 Å². The van der Waals surface area contributed by atoms with Crippen LogP contribution in [0.3, 0.4) is 0 Å². The molecule has 0 aliphatic rings. The van der Waals surface area contributed by atoms with Crippen LogP contribution < -0.4 is 0 Å². The molecule has 0 aliphatic heterocycles. The van der Waals surface area contributed by atoms with Gasteiger partial charge in [0, 0.05) is 0 Å². The molecule has 4 nitrogen and oxygen atoms in total. The van der Waals surface area contributed by atoms with Crippen LogP contribution in [0.2, 0.25) is 0 Å². The normalized spacial score (nSPS) is 12.2. The number of alkyl halides is 2. The fraction of sp³-hybridized carbons (Fsp3) is 0.333. The van der Waals surface area contributed by atoms with Crippen molar-refractivity contribution in [2.24, 2.45) is 0 Å². The quantitative estimate of drug-likeness (QED) is 0.350. The molecule has 0 amide bonds. The van der Waals surface area contributed by atoms with Crippen molar-refractivity contribution in [1.29, 1.82) is 0 Å². The van der Waals surface area contributed by atoms with Crippen LogP contribution in [0, 0.1) is 0 Å². The van der Waals surface area contributed by atoms with E-state index in [2.05, 4.69) is 15.7 Å². The van der Waals surface area contributed by atoms with Crippen LogP contribution in [0.15, 0.2) is 25.3 Å². The molecule has 0 aromatic rings. The van der Waals surface area contributed by atoms with Crippen molar-refractivity contribution < 1.29 is 15.5 Å². The summed E-state index contributed by atoms with van der Waals surface area (Å²) in [6.07, 6.45) is 3.17. The molecule has 0 fully saturated rings. The third kappa shape index (κ3) is 6.77. The van der Waals surface area contributed by atoms with Gasteiger partial charge < -0.3 is 0 Å². The molecule has 1 N–H and O–H groups in total. The zero-order valence-electron chi connectivity index (χ0n) is 6.44. The van der Waals surface area contributed by atoms with Crippen molar-refractivity contribution in [1.82, 2.24) is 0 Å². The van der Waals surface area contributed by atoms with Crippen LogP contribution in [0.1, 0.15) is 0 Å². The number of allylic oxidation sites excluding steroid dienone is 2. The van der Waals surface area contributed by atoms with E-state index in [1.165, 1.54) is 0 Å². The Morgan fingerprint density at radius 2 is 1.75 bits per heavy atom. The van der Waals surface area contributed by atoms with Gasteiger partial charge in [-0.15, -0.1) is 0 Å². The standard InChI is InChI=1S/C6H11IO4S/c1-3-5-7(6-4-2)11-12(8,9)10/h3-4H,1-2,5-6H2,(H,8,9,10). The third-order valence-corrected chi connectivity index (χ3v) is 7.17. The monoisotopic (exact) mass is 306 g/mol. The third-order valence-electron chi connectivity index (χ3n) is 0.731. The molecule has 0 aromatic carbocycles. The van der Waals surface area contributed by atoms with Gasteiger partial charge in [0.2, 0.25) is 0 Å². The van der Waals surface area contributed by atoms with E-state index >= 15 is 0 Å². The summed E-state index contributed by atoms with van der Waals surface area (Å²) in [6.45, 7) is 6.92. The van der Waals surface area contributed by atoms with Gasteiger partial charge in [-0.2, -0.15) is 0 Å². The Bertz CT molecular complexity index is 236. The maximum absolute atomic E-state index is 10.3. The first-order valence-corrected chi connectivity index (χ1v) is 8.30. The van der Waals surface area contributed by atoms with Crippen molar-refractivity contribution in [3.63, 3.8) is 0 Å². The number of hydrogen-bond acceptors (Lipinski definition) is 3. The first-order chi connectivity index (χ1) is 5.49. The minimum absolute atomic E-state index is 0.510. The Labute approximate surface area is 80.2 Å². The minimum atomic E-state index is -4.29. The Balaban J connectivity index is 4.12. The summed E-state index contributed by atoms with van der Waals surface area (Å²) in [6, 6.07) is 0. The summed E-state index contributed by atoms with van der Waals surface area (Å²) in [4.78, 5) is 0. The van der Waals surface area contributed by atoms with Gasteiger partial charge in [-0.05, 0) is 0 Å². The molecule has 0 aromatic heterocycles. The summed E-state index contributed by atoms with van der Waals surface area (Å²) in [5, 5.41) is 0. The van der Waals surface area contributed by atoms with Gasteiger partial charge in [0.25, 0.3) is 0 Å². The molecule has 0 saturated heterocycles. The second kappa shape index (κ2) is 5.68. The van der Waals surface area contributed by atoms with Crippen LogP contribution in [0.25, 0.3) is 0 Å². The predicted octanol–water partition coefficient (Wildman–Crippen LogP) is 1.60. The summed E-state index contributed by atoms with van der Waals surface area (Å²) in [7, 11) is -4.29. The van der Waals surface area contributed by atoms with E-state index in [9.17, 15) is 8.42 Å². The van der Waals surface area contributed by atoms with Crippen LogP contribution in [-0.2, 0) is 12.9 Å². The Morgan fingerprint density at radius 1 is 1.33 bits per heavy atom. The molecule has 0 unspecified atom stereocenters. The molecule has 12 heavy (non-hydrogen) atoms. The van der Waals surface area contributed by atoms with E-state index in [4.69, 9.17) is 4.55 Å². The van der Waals surface area contributed by atoms with Crippen molar-refractivity contribution in [2.75, 3.05) is 8.86 Å². The Hall–Kier alpha value is 0.0800. The molecular weight excluding hydrogens is 295 g/mol. The predicted molar refractivity (Wildman–Crippen MR) is 56.8 cm³/mol. The SMILES string of the molecule is C=CCI(CC=C)OS(=O)(=O)O. The van der Waals surface area contributed by atoms with E-state index in [1.54, 1.807) is 12.2 Å². The molecule has 0 aliphatic carbocycles. The molecule has 0 bridgehead atoms. The number of rotatable bonds is 6. The number of hydrogen-bond donors (Lipinski definition) is 1. The van der Waals surface area contributed by atoms with Crippen molar-refractivity contribution in [2.45, 2.75) is 0 Å². The summed E-state index contributed by atoms with van der Waals surface area (Å²) in [5.41, 5.74) is 0. The fourth-order valence-corrected chi connectivity index (χ4v) is 5.36. The first-order valence-electron chi connectivity index (χ1n) is 3.00. The maximum atomic E-state index is 10.3. The van der Waals surface area contributed by atoms with Crippen molar-refractivity contribution in [3.05, 3.63) is 25.3 Å². The molecule has 6 heteroatoms. The molecule has 0 saturated carbocycles. The van der Waals surface area contributed by atoms with Gasteiger partial charge >= 0.3 is 80.3 Å². The molecule has 0 radical (unpaired) electrons. The van der Waals surface area contributed by atoms with E-state index < -0.39 is 30.6 Å². The molecular formula is C6H11IO4S. The van der Waals surface area contributed by atoms with Gasteiger partial charge in [0.05, 0.1) is 0 Å². The zero-order valence-corrected chi connectivity index (χ0v) is 9.42. The average Bonchev–Trinajstić information content (AvgIpc) is 1.84. The fourth-order valence-electron chi connectivity index (χ4n) is 0.470. The van der Waals surface area contributed by atoms with Crippen LogP contribution in [-0.4, -0.2) is 21.8 Å². The first kappa shape index (κ1) is 12.1. The van der Waals surface area contributed by atoms with Gasteiger partial charge in [-0.1, -0.05) is 0 Å². The van der Waals surface area contributed by atoms with Gasteiger partial charge in [0.1, 0.15) is 0 Å². The summed E-state index contributed by atoms with van der Waals surface area (Å²) in [5.74, 6) is 0. The molecule has 0 atom stereocenters. The van der Waals surface area contributed by atoms with Crippen LogP contribution in [0.4, 0.5) is 0 Å². The van der Waals surface area contributed by atoms with Gasteiger partial charge in [-0.3, -0.25) is 0 Å². The molecule has 0 rings (SSSR count). The molecule has 0 heterocycles. The Kier molecular flexibility index (Phi) is 5.72. The number of halogens is 1. The topological polar surface area (TPSA) is 63.6 Å². The van der Waals surface area contributed by atoms with Gasteiger partial charge in [0.15, 0.2) is 0 Å². The van der Waals surface area contributed by atoms with Crippen LogP contribution in [0.5, 0.6) is 0 Å². The van der Waals surface area contributed by atoms with Gasteiger partial charge in [-0.25, -0.2) is 0 Å². The summed E-state index contributed by atoms with van der Waals surface area (Å²) >= 11 is -2.10. The van der Waals surface area contributed by atoms with E-state index in [0.717, 1.165) is 0 Å². The summed E-state index contributed by atoms with van der Waals surface area (Å²) < 4.78 is 34.4. The van der Waals surface area contributed by atoms with Crippen LogP contribution >= 0.6 is 20.2 Å².